The van der Waals surface area contributed by atoms with Crippen LogP contribution in [0.3, 0.4) is 0 Å². The number of nitro groups is 1. The SMILES string of the molecule is COC(=O)c1ccc(CN[C@@H]2[C@H]3[C@H](O)C4CC4CN3[C@]3(C(=O)Nc4cc(Cl)ccc43)[C@@H]2c2cccc(Cl)c2F)c([N+](=O)[O-])c1. The van der Waals surface area contributed by atoms with Crippen molar-refractivity contribution in [2.24, 2.45) is 11.8 Å². The van der Waals surface area contributed by atoms with Crippen molar-refractivity contribution in [2.45, 2.75) is 42.6 Å². The first-order valence-electron chi connectivity index (χ1n) is 14.2. The summed E-state index contributed by atoms with van der Waals surface area (Å²) < 4.78 is 20.8. The zero-order chi connectivity index (χ0) is 31.1. The molecule has 228 valence electrons. The number of fused-ring (bicyclic) bond motifs is 5. The molecule has 3 heterocycles. The number of hydrogen-bond donors (Lipinski definition) is 3. The molecular weight excluding hydrogens is 614 g/mol. The maximum Gasteiger partial charge on any atom is 0.338 e. The summed E-state index contributed by atoms with van der Waals surface area (Å²) in [5.74, 6) is -2.51. The first kappa shape index (κ1) is 29.1. The smallest absolute Gasteiger partial charge is 0.338 e. The largest absolute Gasteiger partial charge is 0.465 e. The summed E-state index contributed by atoms with van der Waals surface area (Å²) in [6.07, 6.45) is -0.0564. The molecule has 4 aliphatic rings. The number of aliphatic hydroxyl groups excluding tert-OH is 1. The minimum Gasteiger partial charge on any atom is -0.465 e. The number of piperidine rings is 1. The molecule has 1 spiro atoms. The monoisotopic (exact) mass is 640 g/mol. The molecule has 1 amide bonds. The lowest BCUT2D eigenvalue weighted by atomic mass is 9.73. The van der Waals surface area contributed by atoms with Crippen LogP contribution in [0.1, 0.15) is 39.4 Å². The van der Waals surface area contributed by atoms with Crippen molar-refractivity contribution < 1.29 is 28.7 Å². The molecule has 0 aromatic heterocycles. The van der Waals surface area contributed by atoms with Gasteiger partial charge in [-0.2, -0.15) is 0 Å². The number of amides is 1. The van der Waals surface area contributed by atoms with Crippen LogP contribution < -0.4 is 10.6 Å². The summed E-state index contributed by atoms with van der Waals surface area (Å²) in [7, 11) is 1.19. The van der Waals surface area contributed by atoms with Gasteiger partial charge in [-0.1, -0.05) is 47.5 Å². The molecule has 7 rings (SSSR count). The first-order valence-corrected chi connectivity index (χ1v) is 14.9. The third kappa shape index (κ3) is 4.17. The number of methoxy groups -OCH3 is 1. The Kier molecular flexibility index (Phi) is 6.94. The minimum absolute atomic E-state index is 0.0170. The highest BCUT2D eigenvalue weighted by Crippen LogP contribution is 2.63. The van der Waals surface area contributed by atoms with Gasteiger partial charge in [-0.15, -0.1) is 0 Å². The highest BCUT2D eigenvalue weighted by molar-refractivity contribution is 6.31. The van der Waals surface area contributed by atoms with Gasteiger partial charge in [0.1, 0.15) is 11.4 Å². The van der Waals surface area contributed by atoms with Crippen molar-refractivity contribution in [1.82, 2.24) is 10.2 Å². The number of nitrogens with zero attached hydrogens (tertiary/aromatic N) is 2. The molecule has 13 heteroatoms. The Balaban J connectivity index is 1.39. The van der Waals surface area contributed by atoms with E-state index in [0.717, 1.165) is 12.5 Å². The summed E-state index contributed by atoms with van der Waals surface area (Å²) in [4.78, 5) is 39.8. The van der Waals surface area contributed by atoms with Crippen LogP contribution in [0.25, 0.3) is 0 Å². The molecule has 1 saturated carbocycles. The molecule has 2 unspecified atom stereocenters. The lowest BCUT2D eigenvalue weighted by Crippen LogP contribution is -2.58. The van der Waals surface area contributed by atoms with E-state index in [0.29, 0.717) is 22.8 Å². The van der Waals surface area contributed by atoms with E-state index in [1.54, 1.807) is 30.3 Å². The van der Waals surface area contributed by atoms with Gasteiger partial charge in [-0.25, -0.2) is 9.18 Å². The molecule has 3 N–H and O–H groups in total. The summed E-state index contributed by atoms with van der Waals surface area (Å²) in [5, 5.41) is 30.4. The number of halogens is 3. The van der Waals surface area contributed by atoms with Crippen molar-refractivity contribution in [3.63, 3.8) is 0 Å². The standard InChI is InChI=1S/C31H27Cl2FN4O6/c1-44-29(40)14-5-6-15(23(10-14)38(42)43)12-35-26-24(18-3-2-4-21(33)25(18)34)31(37-13-16-9-19(16)28(39)27(26)37)20-8-7-17(32)11-22(20)36-30(31)41/h2-8,10-11,16,19,24,26-28,35,39H,9,12-13H2,1H3,(H,36,41)/t16?,19?,24-,26+,27+,28-,31+/m1/s1. The van der Waals surface area contributed by atoms with Crippen molar-refractivity contribution in [3.05, 3.63) is 103 Å². The number of carbonyl (C=O) groups excluding carboxylic acids is 2. The fourth-order valence-corrected chi connectivity index (χ4v) is 8.15. The van der Waals surface area contributed by atoms with Crippen molar-refractivity contribution in [3.8, 4) is 0 Å². The Morgan fingerprint density at radius 2 is 2.05 bits per heavy atom. The van der Waals surface area contributed by atoms with Gasteiger partial charge >= 0.3 is 5.97 Å². The van der Waals surface area contributed by atoms with Crippen LogP contribution >= 0.6 is 23.2 Å². The van der Waals surface area contributed by atoms with Gasteiger partial charge in [0, 0.05) is 53.0 Å². The van der Waals surface area contributed by atoms with E-state index in [-0.39, 0.29) is 51.7 Å². The van der Waals surface area contributed by atoms with Gasteiger partial charge in [0.25, 0.3) is 5.69 Å². The number of benzene rings is 3. The highest BCUT2D eigenvalue weighted by atomic mass is 35.5. The normalized spacial score (nSPS) is 30.0. The van der Waals surface area contributed by atoms with Gasteiger partial charge in [0.05, 0.1) is 34.8 Å². The summed E-state index contributed by atoms with van der Waals surface area (Å²) >= 11 is 12.6. The second-order valence-corrected chi connectivity index (χ2v) is 12.7. The number of rotatable bonds is 6. The molecule has 2 saturated heterocycles. The van der Waals surface area contributed by atoms with E-state index in [2.05, 4.69) is 10.6 Å². The number of nitro benzene ring substituents is 1. The third-order valence-electron chi connectivity index (χ3n) is 9.72. The van der Waals surface area contributed by atoms with E-state index in [4.69, 9.17) is 27.9 Å². The maximum atomic E-state index is 16.1. The second kappa shape index (κ2) is 10.5. The fourth-order valence-electron chi connectivity index (χ4n) is 7.79. The molecule has 7 atom stereocenters. The van der Waals surface area contributed by atoms with Crippen molar-refractivity contribution in [1.29, 1.82) is 0 Å². The van der Waals surface area contributed by atoms with E-state index in [9.17, 15) is 24.8 Å². The van der Waals surface area contributed by atoms with Gasteiger partial charge in [-0.3, -0.25) is 19.8 Å². The van der Waals surface area contributed by atoms with Crippen LogP contribution in [0, 0.1) is 27.8 Å². The molecule has 1 aliphatic carbocycles. The van der Waals surface area contributed by atoms with Crippen LogP contribution in [0.5, 0.6) is 0 Å². The number of anilines is 1. The molecule has 10 nitrogen and oxygen atoms in total. The van der Waals surface area contributed by atoms with E-state index in [1.807, 2.05) is 4.90 Å². The molecular formula is C31H27Cl2FN4O6. The highest BCUT2D eigenvalue weighted by Gasteiger charge is 2.72. The predicted molar refractivity (Wildman–Crippen MR) is 159 cm³/mol. The average Bonchev–Trinajstić information content (AvgIpc) is 3.66. The molecule has 0 radical (unpaired) electrons. The number of aliphatic hydroxyl groups is 1. The number of esters is 1. The number of hydrogen-bond acceptors (Lipinski definition) is 8. The van der Waals surface area contributed by atoms with Crippen molar-refractivity contribution >= 4 is 46.5 Å². The molecule has 3 aromatic carbocycles. The Labute approximate surface area is 261 Å². The zero-order valence-electron chi connectivity index (χ0n) is 23.3. The summed E-state index contributed by atoms with van der Waals surface area (Å²) in [6.45, 7) is 0.421. The Morgan fingerprint density at radius 1 is 1.25 bits per heavy atom. The molecule has 3 fully saturated rings. The molecule has 3 aliphatic heterocycles. The van der Waals surface area contributed by atoms with Gasteiger partial charge < -0.3 is 20.5 Å². The van der Waals surface area contributed by atoms with Crippen LogP contribution in [0.4, 0.5) is 15.8 Å². The number of carbonyl (C=O) groups is 2. The summed E-state index contributed by atoms with van der Waals surface area (Å²) in [6, 6.07) is 12.3. The lowest BCUT2D eigenvalue weighted by Gasteiger charge is -2.43. The summed E-state index contributed by atoms with van der Waals surface area (Å²) in [5.41, 5.74) is -0.185. The quantitative estimate of drug-likeness (QED) is 0.202. The minimum atomic E-state index is -1.44. The average molecular weight is 641 g/mol. The van der Waals surface area contributed by atoms with Crippen LogP contribution in [-0.4, -0.2) is 58.6 Å². The van der Waals surface area contributed by atoms with E-state index >= 15 is 4.39 Å². The van der Waals surface area contributed by atoms with E-state index < -0.39 is 46.4 Å². The third-order valence-corrected chi connectivity index (χ3v) is 10.2. The van der Waals surface area contributed by atoms with Gasteiger partial charge in [0.15, 0.2) is 0 Å². The fraction of sp³-hybridized carbons (Fsp3) is 0.355. The lowest BCUT2D eigenvalue weighted by molar-refractivity contribution is -0.385. The Hall–Kier alpha value is -3.61. The topological polar surface area (TPSA) is 134 Å². The number of ether oxygens (including phenoxy) is 1. The van der Waals surface area contributed by atoms with Crippen LogP contribution in [-0.2, 0) is 21.6 Å². The number of nitrogens with one attached hydrogen (secondary N) is 2. The zero-order valence-corrected chi connectivity index (χ0v) is 24.8. The molecule has 3 aromatic rings. The van der Waals surface area contributed by atoms with E-state index in [1.165, 1.54) is 25.3 Å². The maximum absolute atomic E-state index is 16.1. The van der Waals surface area contributed by atoms with Gasteiger partial charge in [0.2, 0.25) is 5.91 Å². The van der Waals surface area contributed by atoms with Crippen molar-refractivity contribution in [2.75, 3.05) is 19.0 Å². The molecule has 0 bridgehead atoms. The van der Waals surface area contributed by atoms with Crippen LogP contribution in [0.2, 0.25) is 10.0 Å². The predicted octanol–water partition coefficient (Wildman–Crippen LogP) is 4.61. The van der Waals surface area contributed by atoms with Gasteiger partial charge in [-0.05, 0) is 48.1 Å². The first-order chi connectivity index (χ1) is 21.1. The van der Waals surface area contributed by atoms with Crippen LogP contribution in [0.15, 0.2) is 54.6 Å². The second-order valence-electron chi connectivity index (χ2n) is 11.8. The Bertz CT molecular complexity index is 1740. The molecule has 44 heavy (non-hydrogen) atoms. The Morgan fingerprint density at radius 3 is 2.80 bits per heavy atom.